The lowest BCUT2D eigenvalue weighted by Crippen LogP contribution is -2.40. The van der Waals surface area contributed by atoms with E-state index in [4.69, 9.17) is 5.11 Å². The van der Waals surface area contributed by atoms with E-state index in [0.717, 1.165) is 12.1 Å². The lowest BCUT2D eigenvalue weighted by atomic mass is 10.2. The van der Waals surface area contributed by atoms with Crippen LogP contribution in [0.3, 0.4) is 0 Å². The Balaban J connectivity index is 1.92. The molecule has 1 aliphatic heterocycles. The highest BCUT2D eigenvalue weighted by molar-refractivity contribution is 5.97. The molecule has 1 N–H and O–H groups in total. The van der Waals surface area contributed by atoms with E-state index >= 15 is 0 Å². The van der Waals surface area contributed by atoms with Gasteiger partial charge in [-0.3, -0.25) is 4.79 Å². The molecule has 2 aromatic rings. The highest BCUT2D eigenvalue weighted by Crippen LogP contribution is 2.20. The van der Waals surface area contributed by atoms with Crippen LogP contribution in [-0.2, 0) is 4.79 Å². The van der Waals surface area contributed by atoms with Crippen LogP contribution in [0.1, 0.15) is 23.2 Å². The molecule has 0 aromatic carbocycles. The summed E-state index contributed by atoms with van der Waals surface area (Å²) in [5.41, 5.74) is 1.24. The molecule has 0 radical (unpaired) electrons. The van der Waals surface area contributed by atoms with Crippen LogP contribution in [0.2, 0.25) is 0 Å². The average Bonchev–Trinajstić information content (AvgIpc) is 3.05. The first-order valence-electron chi connectivity index (χ1n) is 6.13. The Labute approximate surface area is 109 Å². The maximum Gasteiger partial charge on any atom is 0.326 e. The van der Waals surface area contributed by atoms with E-state index in [1.165, 1.54) is 4.90 Å². The number of likely N-dealkylation sites (tertiary alicyclic amines) is 1. The summed E-state index contributed by atoms with van der Waals surface area (Å²) in [5, 5.41) is 9.11. The Morgan fingerprint density at radius 2 is 2.21 bits per heavy atom. The average molecular weight is 259 g/mol. The van der Waals surface area contributed by atoms with Crippen molar-refractivity contribution >= 4 is 17.5 Å². The zero-order chi connectivity index (χ0) is 13.4. The highest BCUT2D eigenvalue weighted by Gasteiger charge is 2.34. The third-order valence-corrected chi connectivity index (χ3v) is 3.43. The molecule has 2 aromatic heterocycles. The SMILES string of the molecule is O=C(O)[C@@H]1CCCN1C(=O)c1ccc2nccn2c1. The molecule has 1 amide bonds. The van der Waals surface area contributed by atoms with Gasteiger partial charge in [0.1, 0.15) is 11.7 Å². The summed E-state index contributed by atoms with van der Waals surface area (Å²) in [6.07, 6.45) is 6.34. The summed E-state index contributed by atoms with van der Waals surface area (Å²) in [6, 6.07) is 2.73. The molecule has 19 heavy (non-hydrogen) atoms. The fourth-order valence-corrected chi connectivity index (χ4v) is 2.48. The number of carboxylic acid groups (broad SMARTS) is 1. The van der Waals surface area contributed by atoms with Crippen LogP contribution in [0.5, 0.6) is 0 Å². The minimum absolute atomic E-state index is 0.236. The molecule has 0 saturated carbocycles. The molecule has 1 saturated heterocycles. The second kappa shape index (κ2) is 4.38. The lowest BCUT2D eigenvalue weighted by molar-refractivity contribution is -0.141. The second-order valence-electron chi connectivity index (χ2n) is 4.61. The normalized spacial score (nSPS) is 18.9. The van der Waals surface area contributed by atoms with Crippen LogP contribution >= 0.6 is 0 Å². The smallest absolute Gasteiger partial charge is 0.326 e. The van der Waals surface area contributed by atoms with E-state index in [0.29, 0.717) is 18.5 Å². The van der Waals surface area contributed by atoms with Crippen molar-refractivity contribution in [1.29, 1.82) is 0 Å². The Morgan fingerprint density at radius 1 is 1.37 bits per heavy atom. The quantitative estimate of drug-likeness (QED) is 0.873. The van der Waals surface area contributed by atoms with Crippen molar-refractivity contribution in [3.63, 3.8) is 0 Å². The van der Waals surface area contributed by atoms with Gasteiger partial charge < -0.3 is 14.4 Å². The number of fused-ring (bicyclic) bond motifs is 1. The van der Waals surface area contributed by atoms with E-state index in [2.05, 4.69) is 4.98 Å². The van der Waals surface area contributed by atoms with Gasteiger partial charge in [0.05, 0.1) is 5.56 Å². The van der Waals surface area contributed by atoms with Crippen LogP contribution in [0.15, 0.2) is 30.7 Å². The van der Waals surface area contributed by atoms with E-state index in [1.54, 1.807) is 35.1 Å². The van der Waals surface area contributed by atoms with Crippen molar-refractivity contribution in [2.24, 2.45) is 0 Å². The molecule has 0 spiro atoms. The van der Waals surface area contributed by atoms with Gasteiger partial charge in [0.25, 0.3) is 5.91 Å². The van der Waals surface area contributed by atoms with Crippen molar-refractivity contribution in [3.05, 3.63) is 36.3 Å². The van der Waals surface area contributed by atoms with Crippen LogP contribution in [-0.4, -0.2) is 43.9 Å². The first-order chi connectivity index (χ1) is 9.16. The molecule has 0 bridgehead atoms. The van der Waals surface area contributed by atoms with Gasteiger partial charge in [-0.2, -0.15) is 0 Å². The predicted octanol–water partition coefficient (Wildman–Crippen LogP) is 1.02. The summed E-state index contributed by atoms with van der Waals surface area (Å²) < 4.78 is 1.75. The Bertz CT molecular complexity index is 649. The van der Waals surface area contributed by atoms with Crippen molar-refractivity contribution in [2.75, 3.05) is 6.54 Å². The number of hydrogen-bond donors (Lipinski definition) is 1. The first kappa shape index (κ1) is 11.7. The van der Waals surface area contributed by atoms with Crippen molar-refractivity contribution in [2.45, 2.75) is 18.9 Å². The molecule has 6 nitrogen and oxygen atoms in total. The maximum atomic E-state index is 12.4. The minimum Gasteiger partial charge on any atom is -0.480 e. The van der Waals surface area contributed by atoms with E-state index in [9.17, 15) is 9.59 Å². The molecule has 3 rings (SSSR count). The zero-order valence-corrected chi connectivity index (χ0v) is 10.2. The number of carbonyl (C=O) groups is 2. The number of pyridine rings is 1. The highest BCUT2D eigenvalue weighted by atomic mass is 16.4. The summed E-state index contributed by atoms with van der Waals surface area (Å²) in [5.74, 6) is -1.17. The number of hydrogen-bond acceptors (Lipinski definition) is 3. The number of aliphatic carboxylic acids is 1. The zero-order valence-electron chi connectivity index (χ0n) is 10.2. The number of aromatic nitrogens is 2. The molecule has 3 heterocycles. The van der Waals surface area contributed by atoms with Gasteiger partial charge in [0, 0.05) is 25.1 Å². The molecule has 98 valence electrons. The third-order valence-electron chi connectivity index (χ3n) is 3.43. The summed E-state index contributed by atoms with van der Waals surface area (Å²) >= 11 is 0. The molecule has 0 aliphatic carbocycles. The Hall–Kier alpha value is -2.37. The second-order valence-corrected chi connectivity index (χ2v) is 4.61. The van der Waals surface area contributed by atoms with Gasteiger partial charge in [-0.15, -0.1) is 0 Å². The maximum absolute atomic E-state index is 12.4. The number of imidazole rings is 1. The largest absolute Gasteiger partial charge is 0.480 e. The van der Waals surface area contributed by atoms with Gasteiger partial charge in [0.2, 0.25) is 0 Å². The predicted molar refractivity (Wildman–Crippen MR) is 66.9 cm³/mol. The molecule has 1 atom stereocenters. The molecular weight excluding hydrogens is 246 g/mol. The number of carbonyl (C=O) groups excluding carboxylic acids is 1. The van der Waals surface area contributed by atoms with E-state index < -0.39 is 12.0 Å². The number of rotatable bonds is 2. The molecule has 1 aliphatic rings. The standard InChI is InChI=1S/C13H13N3O3/c17-12(16-6-1-2-10(16)13(18)19)9-3-4-11-14-5-7-15(11)8-9/h3-5,7-8,10H,1-2,6H2,(H,18,19)/t10-/m0/s1. The van der Waals surface area contributed by atoms with E-state index in [-0.39, 0.29) is 5.91 Å². The van der Waals surface area contributed by atoms with E-state index in [1.807, 2.05) is 0 Å². The van der Waals surface area contributed by atoms with Crippen molar-refractivity contribution < 1.29 is 14.7 Å². The van der Waals surface area contributed by atoms with Crippen LogP contribution in [0, 0.1) is 0 Å². The minimum atomic E-state index is -0.936. The summed E-state index contributed by atoms with van der Waals surface area (Å²) in [4.78, 5) is 29.0. The lowest BCUT2D eigenvalue weighted by Gasteiger charge is -2.21. The molecule has 1 fully saturated rings. The van der Waals surface area contributed by atoms with Gasteiger partial charge in [-0.1, -0.05) is 0 Å². The van der Waals surface area contributed by atoms with Crippen LogP contribution in [0.4, 0.5) is 0 Å². The number of nitrogens with zero attached hydrogens (tertiary/aromatic N) is 3. The molecular formula is C13H13N3O3. The fourth-order valence-electron chi connectivity index (χ4n) is 2.48. The van der Waals surface area contributed by atoms with Gasteiger partial charge >= 0.3 is 5.97 Å². The topological polar surface area (TPSA) is 74.9 Å². The Morgan fingerprint density at radius 3 is 3.00 bits per heavy atom. The van der Waals surface area contributed by atoms with Crippen LogP contribution in [0.25, 0.3) is 5.65 Å². The summed E-state index contributed by atoms with van der Waals surface area (Å²) in [7, 11) is 0. The summed E-state index contributed by atoms with van der Waals surface area (Å²) in [6.45, 7) is 0.498. The Kier molecular flexibility index (Phi) is 2.70. The molecule has 6 heteroatoms. The monoisotopic (exact) mass is 259 g/mol. The van der Waals surface area contributed by atoms with Gasteiger partial charge in [-0.05, 0) is 25.0 Å². The fraction of sp³-hybridized carbons (Fsp3) is 0.308. The van der Waals surface area contributed by atoms with Gasteiger partial charge in [0.15, 0.2) is 0 Å². The first-order valence-corrected chi connectivity index (χ1v) is 6.13. The number of amides is 1. The van der Waals surface area contributed by atoms with Crippen molar-refractivity contribution in [3.8, 4) is 0 Å². The molecule has 0 unspecified atom stereocenters. The van der Waals surface area contributed by atoms with Gasteiger partial charge in [-0.25, -0.2) is 9.78 Å². The van der Waals surface area contributed by atoms with Crippen molar-refractivity contribution in [1.82, 2.24) is 14.3 Å². The number of carboxylic acids is 1. The third kappa shape index (κ3) is 1.95. The van der Waals surface area contributed by atoms with Crippen LogP contribution < -0.4 is 0 Å².